The second-order valence-electron chi connectivity index (χ2n) is 6.90. The van der Waals surface area contributed by atoms with E-state index >= 15 is 0 Å². The van der Waals surface area contributed by atoms with E-state index in [2.05, 4.69) is 4.98 Å². The lowest BCUT2D eigenvalue weighted by Gasteiger charge is -2.34. The van der Waals surface area contributed by atoms with Crippen LogP contribution in [-0.2, 0) is 20.6 Å². The number of sulfonamides is 1. The summed E-state index contributed by atoms with van der Waals surface area (Å²) in [4.78, 5) is 18.8. The molecule has 1 aliphatic heterocycles. The van der Waals surface area contributed by atoms with Crippen molar-refractivity contribution in [3.8, 4) is 0 Å². The van der Waals surface area contributed by atoms with Gasteiger partial charge in [0.15, 0.2) is 4.34 Å². The number of carbonyl (C=O) groups excluding carboxylic acids is 1. The van der Waals surface area contributed by atoms with Crippen molar-refractivity contribution < 1.29 is 13.2 Å². The van der Waals surface area contributed by atoms with Gasteiger partial charge in [0.1, 0.15) is 0 Å². The quantitative estimate of drug-likeness (QED) is 0.502. The van der Waals surface area contributed by atoms with Gasteiger partial charge in [-0.05, 0) is 23.8 Å². The molecule has 0 unspecified atom stereocenters. The fourth-order valence-electron chi connectivity index (χ4n) is 3.25. The predicted octanol–water partition coefficient (Wildman–Crippen LogP) is 3.72. The maximum Gasteiger partial charge on any atom is 0.233 e. The number of hydrogen-bond donors (Lipinski definition) is 0. The molecule has 4 rings (SSSR count). The molecule has 1 aliphatic rings. The van der Waals surface area contributed by atoms with Crippen molar-refractivity contribution in [2.24, 2.45) is 0 Å². The number of benzene rings is 2. The van der Waals surface area contributed by atoms with E-state index in [9.17, 15) is 13.2 Å². The Morgan fingerprint density at radius 2 is 1.83 bits per heavy atom. The molecule has 0 saturated carbocycles. The molecule has 1 aromatic heterocycles. The maximum absolute atomic E-state index is 12.7. The van der Waals surface area contributed by atoms with Crippen LogP contribution in [0.5, 0.6) is 0 Å². The molecule has 1 fully saturated rings. The Bertz CT molecular complexity index is 1140. The molecule has 1 amide bonds. The molecule has 2 aromatic carbocycles. The van der Waals surface area contributed by atoms with Gasteiger partial charge in [-0.25, -0.2) is 13.4 Å². The number of piperazine rings is 1. The molecule has 158 valence electrons. The SMILES string of the molecule is O=C(CSc1nc2cc(Cl)ccc2s1)N1CCN(S(=O)(=O)Cc2ccccc2)CC1. The lowest BCUT2D eigenvalue weighted by Crippen LogP contribution is -2.51. The van der Waals surface area contributed by atoms with Crippen molar-refractivity contribution in [2.45, 2.75) is 10.1 Å². The zero-order valence-corrected chi connectivity index (χ0v) is 19.2. The van der Waals surface area contributed by atoms with Crippen LogP contribution in [0.2, 0.25) is 5.02 Å². The van der Waals surface area contributed by atoms with Crippen molar-refractivity contribution in [2.75, 3.05) is 31.9 Å². The number of aromatic nitrogens is 1. The first kappa shape index (κ1) is 21.6. The summed E-state index contributed by atoms with van der Waals surface area (Å²) in [5.41, 5.74) is 1.60. The Morgan fingerprint density at radius 1 is 1.10 bits per heavy atom. The molecule has 0 N–H and O–H groups in total. The summed E-state index contributed by atoms with van der Waals surface area (Å²) in [5, 5.41) is 0.639. The Kier molecular flexibility index (Phi) is 6.64. The van der Waals surface area contributed by atoms with Gasteiger partial charge >= 0.3 is 0 Å². The van der Waals surface area contributed by atoms with Crippen LogP contribution in [0.3, 0.4) is 0 Å². The van der Waals surface area contributed by atoms with Gasteiger partial charge in [-0.1, -0.05) is 53.7 Å². The minimum atomic E-state index is -3.39. The monoisotopic (exact) mass is 481 g/mol. The smallest absolute Gasteiger partial charge is 0.233 e. The highest BCUT2D eigenvalue weighted by molar-refractivity contribution is 8.01. The summed E-state index contributed by atoms with van der Waals surface area (Å²) in [6.45, 7) is 1.46. The van der Waals surface area contributed by atoms with Gasteiger partial charge in [-0.2, -0.15) is 4.31 Å². The van der Waals surface area contributed by atoms with Crippen molar-refractivity contribution >= 4 is 60.8 Å². The fourth-order valence-corrected chi connectivity index (χ4v) is 6.88. The number of halogens is 1. The van der Waals surface area contributed by atoms with E-state index in [4.69, 9.17) is 11.6 Å². The maximum atomic E-state index is 12.7. The summed E-state index contributed by atoms with van der Waals surface area (Å²) in [7, 11) is -3.39. The first-order chi connectivity index (χ1) is 14.4. The zero-order chi connectivity index (χ0) is 21.1. The lowest BCUT2D eigenvalue weighted by atomic mass is 10.2. The standard InChI is InChI=1S/C20H20ClN3O3S3/c21-16-6-7-18-17(12-16)22-20(29-18)28-13-19(25)23-8-10-24(11-9-23)30(26,27)14-15-4-2-1-3-5-15/h1-7,12H,8-11,13-14H2. The highest BCUT2D eigenvalue weighted by Crippen LogP contribution is 2.31. The molecule has 0 aliphatic carbocycles. The van der Waals surface area contributed by atoms with Crippen LogP contribution in [0.1, 0.15) is 5.56 Å². The predicted molar refractivity (Wildman–Crippen MR) is 123 cm³/mol. The summed E-state index contributed by atoms with van der Waals surface area (Å²) < 4.78 is 28.6. The van der Waals surface area contributed by atoms with E-state index in [1.54, 1.807) is 4.90 Å². The van der Waals surface area contributed by atoms with Gasteiger partial charge in [0.25, 0.3) is 0 Å². The third kappa shape index (κ3) is 5.15. The van der Waals surface area contributed by atoms with Crippen LogP contribution < -0.4 is 0 Å². The average molecular weight is 482 g/mol. The third-order valence-electron chi connectivity index (χ3n) is 4.83. The second kappa shape index (κ2) is 9.23. The number of amides is 1. The van der Waals surface area contributed by atoms with Gasteiger partial charge < -0.3 is 4.90 Å². The van der Waals surface area contributed by atoms with Crippen LogP contribution in [-0.4, -0.2) is 60.4 Å². The molecule has 0 radical (unpaired) electrons. The minimum Gasteiger partial charge on any atom is -0.339 e. The van der Waals surface area contributed by atoms with E-state index < -0.39 is 10.0 Å². The average Bonchev–Trinajstić information content (AvgIpc) is 3.14. The summed E-state index contributed by atoms with van der Waals surface area (Å²) in [6.07, 6.45) is 0. The topological polar surface area (TPSA) is 70.6 Å². The first-order valence-corrected chi connectivity index (χ1v) is 13.2. The molecule has 0 atom stereocenters. The number of rotatable bonds is 6. The lowest BCUT2D eigenvalue weighted by molar-refractivity contribution is -0.129. The van der Waals surface area contributed by atoms with E-state index in [0.717, 1.165) is 20.1 Å². The number of thiazole rings is 1. The molecule has 2 heterocycles. The van der Waals surface area contributed by atoms with Crippen LogP contribution in [0.15, 0.2) is 52.9 Å². The van der Waals surface area contributed by atoms with Crippen molar-refractivity contribution in [3.63, 3.8) is 0 Å². The molecule has 30 heavy (non-hydrogen) atoms. The summed E-state index contributed by atoms with van der Waals surface area (Å²) in [6, 6.07) is 14.7. The molecule has 0 bridgehead atoms. The second-order valence-corrected chi connectivity index (χ2v) is 11.6. The number of carbonyl (C=O) groups is 1. The Hall–Kier alpha value is -1.65. The fraction of sp³-hybridized carbons (Fsp3) is 0.300. The number of nitrogens with zero attached hydrogens (tertiary/aromatic N) is 3. The molecule has 6 nitrogen and oxygen atoms in total. The highest BCUT2D eigenvalue weighted by atomic mass is 35.5. The van der Waals surface area contributed by atoms with Gasteiger partial charge in [0.2, 0.25) is 15.9 Å². The summed E-state index contributed by atoms with van der Waals surface area (Å²) in [5.74, 6) is 0.265. The van der Waals surface area contributed by atoms with Crippen molar-refractivity contribution in [1.82, 2.24) is 14.2 Å². The molecule has 3 aromatic rings. The normalized spacial score (nSPS) is 15.6. The van der Waals surface area contributed by atoms with Gasteiger partial charge in [0.05, 0.1) is 21.7 Å². The van der Waals surface area contributed by atoms with E-state index in [1.165, 1.54) is 27.4 Å². The number of fused-ring (bicyclic) bond motifs is 1. The van der Waals surface area contributed by atoms with Crippen LogP contribution in [0.25, 0.3) is 10.2 Å². The highest BCUT2D eigenvalue weighted by Gasteiger charge is 2.29. The van der Waals surface area contributed by atoms with Crippen molar-refractivity contribution in [3.05, 3.63) is 59.1 Å². The Morgan fingerprint density at radius 3 is 2.57 bits per heavy atom. The van der Waals surface area contributed by atoms with Gasteiger partial charge in [-0.15, -0.1) is 11.3 Å². The van der Waals surface area contributed by atoms with Crippen LogP contribution in [0, 0.1) is 0 Å². The molecule has 1 saturated heterocycles. The van der Waals surface area contributed by atoms with E-state index in [-0.39, 0.29) is 17.4 Å². The Balaban J connectivity index is 1.29. The van der Waals surface area contributed by atoms with Crippen LogP contribution >= 0.6 is 34.7 Å². The number of hydrogen-bond acceptors (Lipinski definition) is 6. The van der Waals surface area contributed by atoms with Crippen molar-refractivity contribution in [1.29, 1.82) is 0 Å². The molecular formula is C20H20ClN3O3S3. The Labute approximate surface area is 188 Å². The molecule has 10 heteroatoms. The van der Waals surface area contributed by atoms with E-state index in [1.807, 2.05) is 48.5 Å². The summed E-state index contributed by atoms with van der Waals surface area (Å²) >= 11 is 8.93. The van der Waals surface area contributed by atoms with Gasteiger partial charge in [0, 0.05) is 31.2 Å². The third-order valence-corrected chi connectivity index (χ3v) is 9.08. The molecular weight excluding hydrogens is 462 g/mol. The van der Waals surface area contributed by atoms with Crippen LogP contribution in [0.4, 0.5) is 0 Å². The largest absolute Gasteiger partial charge is 0.339 e. The van der Waals surface area contributed by atoms with E-state index in [0.29, 0.717) is 31.2 Å². The van der Waals surface area contributed by atoms with Gasteiger partial charge in [-0.3, -0.25) is 4.79 Å². The minimum absolute atomic E-state index is 0.00241. The first-order valence-electron chi connectivity index (χ1n) is 9.39. The molecule has 0 spiro atoms. The zero-order valence-electron chi connectivity index (χ0n) is 16.0. The number of thioether (sulfide) groups is 1.